The molecule has 0 atom stereocenters. The van der Waals surface area contributed by atoms with Crippen LogP contribution in [0.15, 0.2) is 0 Å². The third-order valence-corrected chi connectivity index (χ3v) is 3.54. The maximum absolute atomic E-state index is 13.1. The number of halogens is 3. The molecule has 14 heavy (non-hydrogen) atoms. The van der Waals surface area contributed by atoms with Crippen molar-refractivity contribution in [2.45, 2.75) is 38.0 Å². The van der Waals surface area contributed by atoms with E-state index in [4.69, 9.17) is 10.7 Å². The summed E-state index contributed by atoms with van der Waals surface area (Å²) in [6, 6.07) is 0. The monoisotopic (exact) mass is 246 g/mol. The molecule has 0 bridgehead atoms. The molecule has 0 aliphatic heterocycles. The van der Waals surface area contributed by atoms with Crippen LogP contribution in [0.4, 0.5) is 8.78 Å². The van der Waals surface area contributed by atoms with Gasteiger partial charge in [0.25, 0.3) is 5.92 Å². The van der Waals surface area contributed by atoms with Crippen LogP contribution in [0.5, 0.6) is 0 Å². The van der Waals surface area contributed by atoms with Gasteiger partial charge in [0.1, 0.15) is 5.75 Å². The largest absolute Gasteiger partial charge is 0.263 e. The second kappa shape index (κ2) is 4.31. The molecule has 6 heteroatoms. The fourth-order valence-corrected chi connectivity index (χ4v) is 3.05. The van der Waals surface area contributed by atoms with Gasteiger partial charge in [0.2, 0.25) is 9.05 Å². The standard InChI is InChI=1S/C8H13ClF2O2S/c9-14(12,13)6-8(10,11)5-7-3-1-2-4-7/h7H,1-6H2. The van der Waals surface area contributed by atoms with Crippen LogP contribution in [0.25, 0.3) is 0 Å². The Balaban J connectivity index is 2.48. The van der Waals surface area contributed by atoms with Crippen molar-refractivity contribution in [2.24, 2.45) is 5.92 Å². The number of hydrogen-bond donors (Lipinski definition) is 0. The Bertz CT molecular complexity index is 284. The van der Waals surface area contributed by atoms with Crippen LogP contribution in [-0.2, 0) is 9.05 Å². The molecule has 1 fully saturated rings. The van der Waals surface area contributed by atoms with Gasteiger partial charge in [-0.25, -0.2) is 17.2 Å². The molecule has 0 radical (unpaired) electrons. The molecule has 1 aliphatic carbocycles. The van der Waals surface area contributed by atoms with Crippen LogP contribution in [-0.4, -0.2) is 20.1 Å². The van der Waals surface area contributed by atoms with Crippen molar-refractivity contribution in [1.82, 2.24) is 0 Å². The maximum atomic E-state index is 13.1. The molecule has 0 aromatic carbocycles. The first-order chi connectivity index (χ1) is 6.29. The minimum Gasteiger partial charge on any atom is -0.212 e. The summed E-state index contributed by atoms with van der Waals surface area (Å²) in [4.78, 5) is 0. The molecule has 0 aromatic heterocycles. The van der Waals surface area contributed by atoms with Crippen LogP contribution >= 0.6 is 10.7 Å². The van der Waals surface area contributed by atoms with Gasteiger partial charge in [-0.05, 0) is 5.92 Å². The molecule has 2 nitrogen and oxygen atoms in total. The van der Waals surface area contributed by atoms with E-state index in [0.717, 1.165) is 25.7 Å². The van der Waals surface area contributed by atoms with Crippen molar-refractivity contribution >= 4 is 19.7 Å². The van der Waals surface area contributed by atoms with Crippen molar-refractivity contribution in [2.75, 3.05) is 5.75 Å². The van der Waals surface area contributed by atoms with Gasteiger partial charge in [-0.15, -0.1) is 0 Å². The maximum Gasteiger partial charge on any atom is 0.263 e. The molecule has 0 heterocycles. The van der Waals surface area contributed by atoms with E-state index in [0.29, 0.717) is 0 Å². The minimum absolute atomic E-state index is 0.0385. The molecular weight excluding hydrogens is 234 g/mol. The molecule has 84 valence electrons. The summed E-state index contributed by atoms with van der Waals surface area (Å²) in [5, 5.41) is 0. The lowest BCUT2D eigenvalue weighted by Gasteiger charge is -2.18. The quantitative estimate of drug-likeness (QED) is 0.715. The minimum atomic E-state index is -4.10. The van der Waals surface area contributed by atoms with Crippen LogP contribution in [0, 0.1) is 5.92 Å². The highest BCUT2D eigenvalue weighted by molar-refractivity contribution is 8.13. The summed E-state index contributed by atoms with van der Waals surface area (Å²) in [6.07, 6.45) is 3.14. The van der Waals surface area contributed by atoms with Gasteiger partial charge in [0, 0.05) is 17.1 Å². The van der Waals surface area contributed by atoms with E-state index in [1.807, 2.05) is 0 Å². The van der Waals surface area contributed by atoms with E-state index in [-0.39, 0.29) is 12.3 Å². The highest BCUT2D eigenvalue weighted by atomic mass is 35.7. The van der Waals surface area contributed by atoms with Gasteiger partial charge in [-0.3, -0.25) is 0 Å². The van der Waals surface area contributed by atoms with Gasteiger partial charge < -0.3 is 0 Å². The van der Waals surface area contributed by atoms with Crippen LogP contribution in [0.3, 0.4) is 0 Å². The third-order valence-electron chi connectivity index (χ3n) is 2.45. The van der Waals surface area contributed by atoms with E-state index >= 15 is 0 Å². The fraction of sp³-hybridized carbons (Fsp3) is 1.00. The molecule has 1 rings (SSSR count). The highest BCUT2D eigenvalue weighted by Crippen LogP contribution is 2.35. The topological polar surface area (TPSA) is 34.1 Å². The average molecular weight is 247 g/mol. The Kier molecular flexibility index (Phi) is 3.75. The lowest BCUT2D eigenvalue weighted by Crippen LogP contribution is -2.27. The summed E-state index contributed by atoms with van der Waals surface area (Å²) in [5.74, 6) is -4.45. The van der Waals surface area contributed by atoms with E-state index in [1.54, 1.807) is 0 Å². The lowest BCUT2D eigenvalue weighted by molar-refractivity contribution is 0.00123. The predicted molar refractivity (Wildman–Crippen MR) is 51.2 cm³/mol. The van der Waals surface area contributed by atoms with Crippen LogP contribution in [0.1, 0.15) is 32.1 Å². The SMILES string of the molecule is O=S(=O)(Cl)CC(F)(F)CC1CCCC1. The third kappa shape index (κ3) is 4.55. The molecule has 0 spiro atoms. The molecule has 1 saturated carbocycles. The summed E-state index contributed by atoms with van der Waals surface area (Å²) in [5.41, 5.74) is 0. The average Bonchev–Trinajstić information content (AvgIpc) is 2.31. The van der Waals surface area contributed by atoms with Gasteiger partial charge in [-0.1, -0.05) is 25.7 Å². The lowest BCUT2D eigenvalue weighted by atomic mass is 10.0. The fourth-order valence-electron chi connectivity index (χ4n) is 1.95. The molecular formula is C8H13ClF2O2S. The van der Waals surface area contributed by atoms with E-state index in [1.165, 1.54) is 0 Å². The number of hydrogen-bond acceptors (Lipinski definition) is 2. The molecule has 0 unspecified atom stereocenters. The first kappa shape index (κ1) is 12.2. The summed E-state index contributed by atoms with van der Waals surface area (Å²) < 4.78 is 47.2. The zero-order valence-corrected chi connectivity index (χ0v) is 9.25. The van der Waals surface area contributed by atoms with Crippen molar-refractivity contribution in [3.05, 3.63) is 0 Å². The van der Waals surface area contributed by atoms with Gasteiger partial charge >= 0.3 is 0 Å². The molecule has 1 aliphatic rings. The normalized spacial score (nSPS) is 20.2. The van der Waals surface area contributed by atoms with E-state index in [2.05, 4.69) is 0 Å². The van der Waals surface area contributed by atoms with Crippen molar-refractivity contribution in [3.8, 4) is 0 Å². The summed E-state index contributed by atoms with van der Waals surface area (Å²) in [6.45, 7) is 0. The van der Waals surface area contributed by atoms with Crippen molar-refractivity contribution < 1.29 is 17.2 Å². The van der Waals surface area contributed by atoms with Gasteiger partial charge in [0.15, 0.2) is 0 Å². The molecule has 0 N–H and O–H groups in total. The Labute approximate surface area is 87.1 Å². The Hall–Kier alpha value is 0.1000. The first-order valence-electron chi connectivity index (χ1n) is 4.59. The number of rotatable bonds is 4. The zero-order valence-electron chi connectivity index (χ0n) is 7.68. The molecule has 0 saturated heterocycles. The smallest absolute Gasteiger partial charge is 0.212 e. The number of alkyl halides is 2. The van der Waals surface area contributed by atoms with Crippen LogP contribution in [0.2, 0.25) is 0 Å². The highest BCUT2D eigenvalue weighted by Gasteiger charge is 2.37. The zero-order chi connectivity index (χ0) is 10.8. The second-order valence-corrected chi connectivity index (χ2v) is 6.67. The summed E-state index contributed by atoms with van der Waals surface area (Å²) >= 11 is 0. The Morgan fingerprint density at radius 1 is 1.29 bits per heavy atom. The Morgan fingerprint density at radius 3 is 2.21 bits per heavy atom. The van der Waals surface area contributed by atoms with E-state index in [9.17, 15) is 17.2 Å². The van der Waals surface area contributed by atoms with E-state index < -0.39 is 20.7 Å². The second-order valence-electron chi connectivity index (χ2n) is 3.89. The molecule has 0 aromatic rings. The Morgan fingerprint density at radius 2 is 1.79 bits per heavy atom. The van der Waals surface area contributed by atoms with Gasteiger partial charge in [-0.2, -0.15) is 0 Å². The summed E-state index contributed by atoms with van der Waals surface area (Å²) in [7, 11) is 0.694. The van der Waals surface area contributed by atoms with Gasteiger partial charge in [0.05, 0.1) is 0 Å². The van der Waals surface area contributed by atoms with Crippen LogP contribution < -0.4 is 0 Å². The first-order valence-corrected chi connectivity index (χ1v) is 7.06. The van der Waals surface area contributed by atoms with Crippen molar-refractivity contribution in [3.63, 3.8) is 0 Å². The predicted octanol–water partition coefficient (Wildman–Crippen LogP) is 2.77. The molecule has 0 amide bonds. The van der Waals surface area contributed by atoms with Crippen molar-refractivity contribution in [1.29, 1.82) is 0 Å².